The Kier molecular flexibility index (Phi) is 3.96. The summed E-state index contributed by atoms with van der Waals surface area (Å²) in [6.45, 7) is 4.26. The molecule has 0 radical (unpaired) electrons. The van der Waals surface area contributed by atoms with Crippen molar-refractivity contribution in [1.82, 2.24) is 20.2 Å². The van der Waals surface area contributed by atoms with Gasteiger partial charge < -0.3 is 5.73 Å². The Morgan fingerprint density at radius 3 is 2.67 bits per heavy atom. The molecule has 0 amide bonds. The highest BCUT2D eigenvalue weighted by atomic mass is 79.9. The van der Waals surface area contributed by atoms with Crippen molar-refractivity contribution < 1.29 is 0 Å². The van der Waals surface area contributed by atoms with Crippen molar-refractivity contribution in [3.05, 3.63) is 22.7 Å². The quantitative estimate of drug-likeness (QED) is 0.881. The number of nitrogens with two attached hydrogens (primary N) is 1. The number of nitrogens with zero attached hydrogens (tertiary/aromatic N) is 4. The Morgan fingerprint density at radius 2 is 2.06 bits per heavy atom. The number of aromatic nitrogens is 4. The van der Waals surface area contributed by atoms with Gasteiger partial charge in [0.05, 0.1) is 6.04 Å². The predicted molar refractivity (Wildman–Crippen MR) is 75.0 cm³/mol. The molecule has 96 valence electrons. The summed E-state index contributed by atoms with van der Waals surface area (Å²) in [7, 11) is 0. The van der Waals surface area contributed by atoms with E-state index in [4.69, 9.17) is 5.73 Å². The predicted octanol–water partition coefficient (Wildman–Crippen LogP) is 3.05. The minimum atomic E-state index is 0.304. The van der Waals surface area contributed by atoms with Crippen molar-refractivity contribution >= 4 is 21.6 Å². The Morgan fingerprint density at radius 1 is 1.33 bits per heavy atom. The van der Waals surface area contributed by atoms with E-state index in [1.54, 1.807) is 0 Å². The van der Waals surface area contributed by atoms with Crippen LogP contribution in [0.25, 0.3) is 11.4 Å². The molecule has 0 saturated carbocycles. The molecule has 0 saturated heterocycles. The summed E-state index contributed by atoms with van der Waals surface area (Å²) < 4.78 is 2.81. The van der Waals surface area contributed by atoms with E-state index in [-0.39, 0.29) is 0 Å². The number of benzene rings is 1. The molecule has 6 heteroatoms. The molecule has 18 heavy (non-hydrogen) atoms. The monoisotopic (exact) mass is 309 g/mol. The average Bonchev–Trinajstić information content (AvgIpc) is 2.80. The van der Waals surface area contributed by atoms with Crippen molar-refractivity contribution in [2.45, 2.75) is 32.7 Å². The molecule has 2 rings (SSSR count). The number of hydrogen-bond donors (Lipinski definition) is 1. The summed E-state index contributed by atoms with van der Waals surface area (Å²) in [5, 5.41) is 12.0. The van der Waals surface area contributed by atoms with Crippen LogP contribution in [-0.2, 0) is 0 Å². The topological polar surface area (TPSA) is 69.6 Å². The largest absolute Gasteiger partial charge is 0.398 e. The standard InChI is InChI=1S/C12H16BrN5/c1-3-9(4-2)18-12(15-16-17-18)10-6-5-8(13)7-11(10)14/h5-7,9H,3-4,14H2,1-2H3. The van der Waals surface area contributed by atoms with Crippen LogP contribution in [-0.4, -0.2) is 20.2 Å². The number of tetrazole rings is 1. The van der Waals surface area contributed by atoms with Crippen LogP contribution in [0.4, 0.5) is 5.69 Å². The first-order valence-corrected chi connectivity index (χ1v) is 6.79. The van der Waals surface area contributed by atoms with Crippen LogP contribution >= 0.6 is 15.9 Å². The van der Waals surface area contributed by atoms with Crippen molar-refractivity contribution in [2.24, 2.45) is 0 Å². The van der Waals surface area contributed by atoms with E-state index >= 15 is 0 Å². The summed E-state index contributed by atoms with van der Waals surface area (Å²) in [5.74, 6) is 0.730. The molecule has 1 aromatic heterocycles. The molecule has 0 aliphatic heterocycles. The molecule has 2 aromatic rings. The molecule has 0 fully saturated rings. The molecule has 0 aliphatic rings. The van der Waals surface area contributed by atoms with E-state index in [1.807, 2.05) is 22.9 Å². The third-order valence-corrected chi connectivity index (χ3v) is 3.53. The summed E-state index contributed by atoms with van der Waals surface area (Å²) in [6, 6.07) is 6.04. The van der Waals surface area contributed by atoms with E-state index in [1.165, 1.54) is 0 Å². The highest BCUT2D eigenvalue weighted by molar-refractivity contribution is 9.10. The second-order valence-corrected chi connectivity index (χ2v) is 5.06. The lowest BCUT2D eigenvalue weighted by Crippen LogP contribution is -2.11. The number of hydrogen-bond acceptors (Lipinski definition) is 4. The fourth-order valence-corrected chi connectivity index (χ4v) is 2.37. The molecule has 0 spiro atoms. The highest BCUT2D eigenvalue weighted by Gasteiger charge is 2.17. The maximum atomic E-state index is 6.03. The van der Waals surface area contributed by atoms with Crippen LogP contribution in [0.5, 0.6) is 0 Å². The minimum absolute atomic E-state index is 0.304. The van der Waals surface area contributed by atoms with E-state index < -0.39 is 0 Å². The van der Waals surface area contributed by atoms with Gasteiger partial charge in [-0.1, -0.05) is 29.8 Å². The summed E-state index contributed by atoms with van der Waals surface area (Å²) in [4.78, 5) is 0. The Bertz CT molecular complexity index is 533. The Balaban J connectivity index is 2.48. The lowest BCUT2D eigenvalue weighted by atomic mass is 10.1. The van der Waals surface area contributed by atoms with Crippen LogP contribution < -0.4 is 5.73 Å². The van der Waals surface area contributed by atoms with Crippen molar-refractivity contribution in [3.63, 3.8) is 0 Å². The first-order chi connectivity index (χ1) is 8.67. The smallest absolute Gasteiger partial charge is 0.184 e. The molecular formula is C12H16BrN5. The van der Waals surface area contributed by atoms with Gasteiger partial charge in [-0.2, -0.15) is 0 Å². The fraction of sp³-hybridized carbons (Fsp3) is 0.417. The van der Waals surface area contributed by atoms with Crippen LogP contribution in [0.1, 0.15) is 32.7 Å². The fourth-order valence-electron chi connectivity index (χ4n) is 1.99. The SMILES string of the molecule is CCC(CC)n1nnnc1-c1ccc(Br)cc1N. The van der Waals surface area contributed by atoms with E-state index in [0.717, 1.165) is 28.7 Å². The lowest BCUT2D eigenvalue weighted by molar-refractivity contribution is 0.422. The molecule has 5 nitrogen and oxygen atoms in total. The molecule has 1 heterocycles. The van der Waals surface area contributed by atoms with Crippen molar-refractivity contribution in [3.8, 4) is 11.4 Å². The second-order valence-electron chi connectivity index (χ2n) is 4.15. The van der Waals surface area contributed by atoms with Gasteiger partial charge in [-0.3, -0.25) is 0 Å². The van der Waals surface area contributed by atoms with Crippen LogP contribution in [0.15, 0.2) is 22.7 Å². The van der Waals surface area contributed by atoms with Gasteiger partial charge in [-0.05, 0) is 41.5 Å². The van der Waals surface area contributed by atoms with Crippen LogP contribution in [0, 0.1) is 0 Å². The van der Waals surface area contributed by atoms with Gasteiger partial charge >= 0.3 is 0 Å². The molecule has 0 aliphatic carbocycles. The minimum Gasteiger partial charge on any atom is -0.398 e. The normalized spacial score (nSPS) is 11.1. The van der Waals surface area contributed by atoms with Gasteiger partial charge in [-0.15, -0.1) is 5.10 Å². The number of anilines is 1. The van der Waals surface area contributed by atoms with Gasteiger partial charge in [0, 0.05) is 15.7 Å². The zero-order chi connectivity index (χ0) is 13.1. The van der Waals surface area contributed by atoms with Gasteiger partial charge in [0.15, 0.2) is 5.82 Å². The molecule has 0 unspecified atom stereocenters. The van der Waals surface area contributed by atoms with Crippen molar-refractivity contribution in [2.75, 3.05) is 5.73 Å². The van der Waals surface area contributed by atoms with Crippen LogP contribution in [0.3, 0.4) is 0 Å². The third-order valence-electron chi connectivity index (χ3n) is 3.04. The van der Waals surface area contributed by atoms with Crippen molar-refractivity contribution in [1.29, 1.82) is 0 Å². The van der Waals surface area contributed by atoms with Gasteiger partial charge in [0.2, 0.25) is 0 Å². The molecule has 1 aromatic carbocycles. The molecular weight excluding hydrogens is 294 g/mol. The van der Waals surface area contributed by atoms with Gasteiger partial charge in [0.1, 0.15) is 0 Å². The average molecular weight is 310 g/mol. The Hall–Kier alpha value is -1.43. The molecule has 0 atom stereocenters. The first kappa shape index (κ1) is 13.0. The maximum Gasteiger partial charge on any atom is 0.184 e. The first-order valence-electron chi connectivity index (χ1n) is 6.00. The number of nitrogen functional groups attached to an aromatic ring is 1. The van der Waals surface area contributed by atoms with Crippen LogP contribution in [0.2, 0.25) is 0 Å². The molecule has 0 bridgehead atoms. The van der Waals surface area contributed by atoms with Gasteiger partial charge in [-0.25, -0.2) is 4.68 Å². The number of halogens is 1. The number of rotatable bonds is 4. The third kappa shape index (κ3) is 2.38. The van der Waals surface area contributed by atoms with Gasteiger partial charge in [0.25, 0.3) is 0 Å². The zero-order valence-electron chi connectivity index (χ0n) is 10.5. The molecule has 2 N–H and O–H groups in total. The highest BCUT2D eigenvalue weighted by Crippen LogP contribution is 2.29. The van der Waals surface area contributed by atoms with E-state index in [9.17, 15) is 0 Å². The summed E-state index contributed by atoms with van der Waals surface area (Å²) >= 11 is 3.40. The zero-order valence-corrected chi connectivity index (χ0v) is 12.1. The second kappa shape index (κ2) is 5.48. The van der Waals surface area contributed by atoms with E-state index in [2.05, 4.69) is 45.3 Å². The van der Waals surface area contributed by atoms with E-state index in [0.29, 0.717) is 11.7 Å². The summed E-state index contributed by atoms with van der Waals surface area (Å²) in [6.07, 6.45) is 1.98. The summed E-state index contributed by atoms with van der Waals surface area (Å²) in [5.41, 5.74) is 7.57. The lowest BCUT2D eigenvalue weighted by Gasteiger charge is -2.14. The maximum absolute atomic E-state index is 6.03. The Labute approximate surface area is 115 Å².